The molecule has 1 unspecified atom stereocenters. The van der Waals surface area contributed by atoms with Crippen LogP contribution in [0.1, 0.15) is 29.2 Å². The molecular weight excluding hydrogens is 384 g/mol. The first-order valence-corrected chi connectivity index (χ1v) is 10.7. The lowest BCUT2D eigenvalue weighted by atomic mass is 9.93. The highest BCUT2D eigenvalue weighted by Gasteiger charge is 2.55. The second-order valence-corrected chi connectivity index (χ2v) is 8.65. The van der Waals surface area contributed by atoms with Crippen molar-refractivity contribution in [1.29, 1.82) is 0 Å². The van der Waals surface area contributed by atoms with Crippen LogP contribution in [0.4, 0.5) is 11.4 Å². The Morgan fingerprint density at radius 2 is 1.81 bits per heavy atom. The van der Waals surface area contributed by atoms with Gasteiger partial charge < -0.3 is 10.2 Å². The fourth-order valence-corrected chi connectivity index (χ4v) is 5.08. The number of amides is 1. The number of benzene rings is 3. The molecule has 31 heavy (non-hydrogen) atoms. The van der Waals surface area contributed by atoms with Crippen LogP contribution in [0.15, 0.2) is 54.6 Å². The van der Waals surface area contributed by atoms with E-state index in [1.165, 1.54) is 16.7 Å². The predicted molar refractivity (Wildman–Crippen MR) is 125 cm³/mol. The van der Waals surface area contributed by atoms with Crippen molar-refractivity contribution in [1.82, 2.24) is 9.55 Å². The maximum atomic E-state index is 14.0. The molecule has 1 aromatic heterocycles. The molecule has 1 amide bonds. The fourth-order valence-electron chi connectivity index (χ4n) is 5.08. The van der Waals surface area contributed by atoms with Gasteiger partial charge in [-0.05, 0) is 73.4 Å². The zero-order valence-corrected chi connectivity index (χ0v) is 18.2. The summed E-state index contributed by atoms with van der Waals surface area (Å²) in [4.78, 5) is 20.8. The molecule has 0 saturated heterocycles. The number of aryl methyl sites for hydroxylation is 3. The number of hydrogen-bond acceptors (Lipinski definition) is 3. The number of nitrogens with zero attached hydrogens (tertiary/aromatic N) is 3. The Morgan fingerprint density at radius 3 is 2.61 bits per heavy atom. The van der Waals surface area contributed by atoms with E-state index in [9.17, 15) is 4.79 Å². The monoisotopic (exact) mass is 408 g/mol. The highest BCUT2D eigenvalue weighted by Crippen LogP contribution is 2.50. The lowest BCUT2D eigenvalue weighted by Gasteiger charge is -2.38. The molecule has 5 heteroatoms. The van der Waals surface area contributed by atoms with E-state index in [2.05, 4.69) is 67.1 Å². The first-order valence-electron chi connectivity index (χ1n) is 10.7. The van der Waals surface area contributed by atoms with Crippen molar-refractivity contribution >= 4 is 28.3 Å². The number of rotatable bonds is 1. The van der Waals surface area contributed by atoms with Crippen LogP contribution >= 0.6 is 0 Å². The van der Waals surface area contributed by atoms with Crippen LogP contribution in [-0.4, -0.2) is 22.5 Å². The van der Waals surface area contributed by atoms with Crippen molar-refractivity contribution < 1.29 is 4.79 Å². The third-order valence-corrected chi connectivity index (χ3v) is 6.92. The third-order valence-electron chi connectivity index (χ3n) is 6.92. The van der Waals surface area contributed by atoms with Gasteiger partial charge in [-0.15, -0.1) is 0 Å². The van der Waals surface area contributed by atoms with Gasteiger partial charge in [-0.3, -0.25) is 9.36 Å². The summed E-state index contributed by atoms with van der Waals surface area (Å²) < 4.78 is 2.13. The highest BCUT2D eigenvalue weighted by molar-refractivity contribution is 6.11. The topological polar surface area (TPSA) is 50.2 Å². The molecule has 2 aliphatic rings. The Hall–Kier alpha value is -3.60. The van der Waals surface area contributed by atoms with E-state index >= 15 is 0 Å². The lowest BCUT2D eigenvalue weighted by molar-refractivity contribution is -0.122. The van der Waals surface area contributed by atoms with Gasteiger partial charge in [0.25, 0.3) is 5.91 Å². The van der Waals surface area contributed by atoms with Crippen molar-refractivity contribution in [3.05, 3.63) is 76.9 Å². The maximum absolute atomic E-state index is 14.0. The minimum atomic E-state index is -1.06. The molecule has 2 aliphatic heterocycles. The van der Waals surface area contributed by atoms with Crippen LogP contribution in [0.5, 0.6) is 0 Å². The van der Waals surface area contributed by atoms with Crippen molar-refractivity contribution in [2.45, 2.75) is 32.9 Å². The Morgan fingerprint density at radius 1 is 1.03 bits per heavy atom. The number of imidazole rings is 1. The van der Waals surface area contributed by atoms with Crippen LogP contribution in [0.3, 0.4) is 0 Å². The molecular formula is C26H24N4O. The molecule has 1 spiro atoms. The standard InChI is InChI=1S/C26H24N4O/c1-5-17-10-11-22-19(14-17)26(25(31)29(22)4)28-20-9-7-6-8-18(20)24-27-21-12-15(2)16(3)13-23(21)30(24)26/h6-14,28H,5H2,1-4H3. The Balaban J connectivity index is 1.79. The number of fused-ring (bicyclic) bond motifs is 8. The Labute approximate surface area is 181 Å². The molecule has 1 atom stereocenters. The SMILES string of the molecule is CCc1ccc2c(c1)C1(Nc3ccccc3-c3nc4cc(C)c(C)cc4n31)C(=O)N2C. The van der Waals surface area contributed by atoms with E-state index in [1.807, 2.05) is 25.2 Å². The van der Waals surface area contributed by atoms with E-state index in [0.29, 0.717) is 0 Å². The minimum absolute atomic E-state index is 0.00374. The second-order valence-electron chi connectivity index (χ2n) is 8.65. The molecule has 3 aromatic carbocycles. The summed E-state index contributed by atoms with van der Waals surface area (Å²) in [6.45, 7) is 6.35. The maximum Gasteiger partial charge on any atom is 0.278 e. The van der Waals surface area contributed by atoms with Gasteiger partial charge in [-0.1, -0.05) is 25.1 Å². The third kappa shape index (κ3) is 2.16. The van der Waals surface area contributed by atoms with Gasteiger partial charge in [0.2, 0.25) is 5.66 Å². The van der Waals surface area contributed by atoms with Crippen LogP contribution in [-0.2, 0) is 16.9 Å². The molecule has 0 bridgehead atoms. The highest BCUT2D eigenvalue weighted by atomic mass is 16.2. The second kappa shape index (κ2) is 5.97. The van der Waals surface area contributed by atoms with Crippen molar-refractivity contribution in [2.75, 3.05) is 17.3 Å². The number of carbonyl (C=O) groups excluding carboxylic acids is 1. The number of nitrogens with one attached hydrogen (secondary N) is 1. The van der Waals surface area contributed by atoms with Gasteiger partial charge in [0.1, 0.15) is 5.82 Å². The Kier molecular flexibility index (Phi) is 3.51. The Bertz CT molecular complexity index is 1420. The lowest BCUT2D eigenvalue weighted by Crippen LogP contribution is -2.52. The van der Waals surface area contributed by atoms with E-state index in [0.717, 1.165) is 45.8 Å². The zero-order chi connectivity index (χ0) is 21.5. The van der Waals surface area contributed by atoms with Gasteiger partial charge in [0.05, 0.1) is 16.7 Å². The smallest absolute Gasteiger partial charge is 0.278 e. The summed E-state index contributed by atoms with van der Waals surface area (Å²) in [7, 11) is 1.86. The largest absolute Gasteiger partial charge is 0.350 e. The average Bonchev–Trinajstić information content (AvgIpc) is 3.24. The quantitative estimate of drug-likeness (QED) is 0.483. The molecule has 4 aromatic rings. The number of anilines is 2. The molecule has 1 N–H and O–H groups in total. The summed E-state index contributed by atoms with van der Waals surface area (Å²) in [6, 6.07) is 18.8. The molecule has 5 nitrogen and oxygen atoms in total. The molecule has 154 valence electrons. The number of hydrogen-bond donors (Lipinski definition) is 1. The normalized spacial score (nSPS) is 18.8. The van der Waals surface area contributed by atoms with Crippen molar-refractivity contribution in [3.63, 3.8) is 0 Å². The molecule has 0 radical (unpaired) electrons. The number of para-hydroxylation sites is 1. The summed E-state index contributed by atoms with van der Waals surface area (Å²) in [6.07, 6.45) is 0.910. The van der Waals surface area contributed by atoms with E-state index in [-0.39, 0.29) is 5.91 Å². The van der Waals surface area contributed by atoms with Crippen LogP contribution in [0.2, 0.25) is 0 Å². The van der Waals surface area contributed by atoms with Crippen LogP contribution in [0, 0.1) is 13.8 Å². The van der Waals surface area contributed by atoms with E-state index in [4.69, 9.17) is 4.98 Å². The molecule has 0 aliphatic carbocycles. The van der Waals surface area contributed by atoms with Gasteiger partial charge >= 0.3 is 0 Å². The van der Waals surface area contributed by atoms with Gasteiger partial charge in [-0.25, -0.2) is 4.98 Å². The fraction of sp³-hybridized carbons (Fsp3) is 0.231. The number of aromatic nitrogens is 2. The summed E-state index contributed by atoms with van der Waals surface area (Å²) in [5.74, 6) is 0.829. The molecule has 0 saturated carbocycles. The van der Waals surface area contributed by atoms with Crippen molar-refractivity contribution in [2.24, 2.45) is 0 Å². The molecule has 3 heterocycles. The van der Waals surface area contributed by atoms with Crippen molar-refractivity contribution in [3.8, 4) is 11.4 Å². The van der Waals surface area contributed by atoms with Gasteiger partial charge in [-0.2, -0.15) is 0 Å². The van der Waals surface area contributed by atoms with Crippen LogP contribution in [0.25, 0.3) is 22.4 Å². The minimum Gasteiger partial charge on any atom is -0.350 e. The predicted octanol–water partition coefficient (Wildman–Crippen LogP) is 4.99. The molecule has 0 fully saturated rings. The van der Waals surface area contributed by atoms with E-state index in [1.54, 1.807) is 4.90 Å². The van der Waals surface area contributed by atoms with Gasteiger partial charge in [0, 0.05) is 23.9 Å². The average molecular weight is 409 g/mol. The number of likely N-dealkylation sites (N-methyl/N-ethyl adjacent to an activating group) is 1. The zero-order valence-electron chi connectivity index (χ0n) is 18.2. The van der Waals surface area contributed by atoms with Crippen LogP contribution < -0.4 is 10.2 Å². The number of carbonyl (C=O) groups is 1. The summed E-state index contributed by atoms with van der Waals surface area (Å²) >= 11 is 0. The summed E-state index contributed by atoms with van der Waals surface area (Å²) in [5, 5.41) is 3.66. The first-order chi connectivity index (χ1) is 15.0. The summed E-state index contributed by atoms with van der Waals surface area (Å²) in [5.41, 5.74) is 8.26. The van der Waals surface area contributed by atoms with E-state index < -0.39 is 5.66 Å². The first kappa shape index (κ1) is 18.2. The molecule has 6 rings (SSSR count). The van der Waals surface area contributed by atoms with Gasteiger partial charge in [0.15, 0.2) is 0 Å².